The number of nitrogens with one attached hydrogen (secondary N) is 2. The number of nitrogens with zero attached hydrogens (tertiary/aromatic N) is 2. The first-order valence-corrected chi connectivity index (χ1v) is 7.85. The van der Waals surface area contributed by atoms with Crippen LogP contribution < -0.4 is 10.6 Å². The molecule has 1 unspecified atom stereocenters. The zero-order chi connectivity index (χ0) is 16.2. The Hall–Kier alpha value is -1.50. The summed E-state index contributed by atoms with van der Waals surface area (Å²) >= 11 is 1.36. The number of hydrogen-bond acceptors (Lipinski definition) is 5. The molecule has 0 radical (unpaired) electrons. The fourth-order valence-electron chi connectivity index (χ4n) is 1.43. The van der Waals surface area contributed by atoms with Gasteiger partial charge in [0.25, 0.3) is 0 Å². The minimum Gasteiger partial charge on any atom is -0.344 e. The van der Waals surface area contributed by atoms with E-state index in [0.717, 1.165) is 11.4 Å². The summed E-state index contributed by atoms with van der Waals surface area (Å²) in [5, 5.41) is 14.7. The molecule has 0 saturated heterocycles. The maximum absolute atomic E-state index is 12.0. The first-order valence-electron chi connectivity index (χ1n) is 7.03. The van der Waals surface area contributed by atoms with E-state index in [1.165, 1.54) is 11.3 Å². The molecule has 118 valence electrons. The quantitative estimate of drug-likeness (QED) is 0.873. The molecule has 0 bridgehead atoms. The average Bonchev–Trinajstić information content (AvgIpc) is 2.73. The molecule has 1 rings (SSSR count). The van der Waals surface area contributed by atoms with Crippen molar-refractivity contribution >= 4 is 28.3 Å². The van der Waals surface area contributed by atoms with Crippen LogP contribution in [0.2, 0.25) is 0 Å². The predicted molar refractivity (Wildman–Crippen MR) is 84.1 cm³/mol. The fourth-order valence-corrected chi connectivity index (χ4v) is 2.38. The van der Waals surface area contributed by atoms with Crippen molar-refractivity contribution in [3.8, 4) is 0 Å². The van der Waals surface area contributed by atoms with Crippen LogP contribution in [0.5, 0.6) is 0 Å². The van der Waals surface area contributed by atoms with Crippen molar-refractivity contribution < 1.29 is 9.59 Å². The van der Waals surface area contributed by atoms with Crippen LogP contribution in [-0.2, 0) is 16.0 Å². The van der Waals surface area contributed by atoms with Gasteiger partial charge < -0.3 is 5.32 Å². The van der Waals surface area contributed by atoms with Crippen molar-refractivity contribution in [1.29, 1.82) is 0 Å². The van der Waals surface area contributed by atoms with Gasteiger partial charge in [0, 0.05) is 11.8 Å². The molecule has 1 atom stereocenters. The highest BCUT2D eigenvalue weighted by Crippen LogP contribution is 2.18. The van der Waals surface area contributed by atoms with Crippen LogP contribution in [0.15, 0.2) is 0 Å². The Labute approximate surface area is 129 Å². The van der Waals surface area contributed by atoms with Crippen molar-refractivity contribution in [3.63, 3.8) is 0 Å². The second kappa shape index (κ2) is 6.98. The van der Waals surface area contributed by atoms with Crippen LogP contribution >= 0.6 is 11.3 Å². The van der Waals surface area contributed by atoms with E-state index >= 15 is 0 Å². The van der Waals surface area contributed by atoms with Crippen molar-refractivity contribution in [2.24, 2.45) is 11.3 Å². The summed E-state index contributed by atoms with van der Waals surface area (Å²) in [7, 11) is 0. The molecule has 7 heteroatoms. The Bertz CT molecular complexity index is 505. The largest absolute Gasteiger partial charge is 0.344 e. The lowest BCUT2D eigenvalue weighted by Crippen LogP contribution is -2.46. The van der Waals surface area contributed by atoms with Gasteiger partial charge in [-0.25, -0.2) is 0 Å². The summed E-state index contributed by atoms with van der Waals surface area (Å²) in [6.07, 6.45) is 0.837. The summed E-state index contributed by atoms with van der Waals surface area (Å²) in [6, 6.07) is -0.617. The first-order chi connectivity index (χ1) is 9.59. The molecule has 0 spiro atoms. The highest BCUT2D eigenvalue weighted by molar-refractivity contribution is 7.15. The minimum atomic E-state index is -0.617. The molecule has 0 fully saturated rings. The molecule has 0 aliphatic carbocycles. The lowest BCUT2D eigenvalue weighted by atomic mass is 9.95. The summed E-state index contributed by atoms with van der Waals surface area (Å²) in [5.41, 5.74) is -0.526. The third-order valence-electron chi connectivity index (χ3n) is 2.70. The molecule has 6 nitrogen and oxygen atoms in total. The van der Waals surface area contributed by atoms with Gasteiger partial charge in [-0.05, 0) is 12.8 Å². The lowest BCUT2D eigenvalue weighted by molar-refractivity contribution is -0.131. The van der Waals surface area contributed by atoms with E-state index in [-0.39, 0.29) is 11.8 Å². The molecule has 1 aromatic heterocycles. The summed E-state index contributed by atoms with van der Waals surface area (Å²) in [5.74, 6) is 0.0363. The Balaban J connectivity index is 2.56. The number of rotatable bonds is 5. The summed E-state index contributed by atoms with van der Waals surface area (Å²) in [4.78, 5) is 23.9. The Morgan fingerprint density at radius 2 is 1.81 bits per heavy atom. The molecule has 0 aliphatic heterocycles. The number of carbonyl (C=O) groups is 2. The third kappa shape index (κ3) is 5.79. The third-order valence-corrected chi connectivity index (χ3v) is 3.56. The number of carbonyl (C=O) groups excluding carboxylic acids is 2. The van der Waals surface area contributed by atoms with Crippen molar-refractivity contribution in [2.75, 3.05) is 5.32 Å². The molecule has 21 heavy (non-hydrogen) atoms. The number of hydrogen-bond donors (Lipinski definition) is 2. The van der Waals surface area contributed by atoms with Gasteiger partial charge in [0.1, 0.15) is 11.0 Å². The van der Waals surface area contributed by atoms with E-state index in [9.17, 15) is 9.59 Å². The summed E-state index contributed by atoms with van der Waals surface area (Å²) < 4.78 is 0. The zero-order valence-corrected chi connectivity index (χ0v) is 14.3. The van der Waals surface area contributed by atoms with E-state index in [0.29, 0.717) is 11.0 Å². The van der Waals surface area contributed by atoms with Gasteiger partial charge in [-0.1, -0.05) is 46.0 Å². The maximum atomic E-state index is 12.0. The van der Waals surface area contributed by atoms with E-state index in [4.69, 9.17) is 0 Å². The molecule has 0 aromatic carbocycles. The van der Waals surface area contributed by atoms with Crippen LogP contribution in [-0.4, -0.2) is 28.1 Å². The van der Waals surface area contributed by atoms with Crippen LogP contribution in [0.1, 0.15) is 46.6 Å². The van der Waals surface area contributed by atoms with E-state index in [1.807, 2.05) is 0 Å². The van der Waals surface area contributed by atoms with Crippen LogP contribution in [0.25, 0.3) is 0 Å². The number of anilines is 1. The van der Waals surface area contributed by atoms with Gasteiger partial charge in [-0.2, -0.15) is 0 Å². The lowest BCUT2D eigenvalue weighted by Gasteiger charge is -2.21. The average molecular weight is 312 g/mol. The molecule has 1 heterocycles. The smallest absolute Gasteiger partial charge is 0.248 e. The first kappa shape index (κ1) is 17.6. The Morgan fingerprint density at radius 3 is 2.33 bits per heavy atom. The number of amides is 2. The van der Waals surface area contributed by atoms with Crippen molar-refractivity contribution in [1.82, 2.24) is 15.5 Å². The molecule has 2 amide bonds. The second-order valence-electron chi connectivity index (χ2n) is 6.53. The normalized spacial score (nSPS) is 13.1. The SMILES string of the molecule is CC(C)Cc1nnc(NC(=O)C(C)NC(=O)C(C)(C)C)s1. The van der Waals surface area contributed by atoms with Gasteiger partial charge >= 0.3 is 0 Å². The van der Waals surface area contributed by atoms with E-state index in [2.05, 4.69) is 34.7 Å². The van der Waals surface area contributed by atoms with Gasteiger partial charge in [-0.3, -0.25) is 14.9 Å². The monoisotopic (exact) mass is 312 g/mol. The van der Waals surface area contributed by atoms with Gasteiger partial charge in [0.2, 0.25) is 16.9 Å². The highest BCUT2D eigenvalue weighted by Gasteiger charge is 2.25. The zero-order valence-electron chi connectivity index (χ0n) is 13.5. The maximum Gasteiger partial charge on any atom is 0.248 e. The molecule has 0 aliphatic rings. The highest BCUT2D eigenvalue weighted by atomic mass is 32.1. The van der Waals surface area contributed by atoms with E-state index < -0.39 is 11.5 Å². The van der Waals surface area contributed by atoms with Crippen LogP contribution in [0.4, 0.5) is 5.13 Å². The number of aromatic nitrogens is 2. The molecule has 2 N–H and O–H groups in total. The van der Waals surface area contributed by atoms with Gasteiger partial charge in [-0.15, -0.1) is 10.2 Å². The van der Waals surface area contributed by atoms with Gasteiger partial charge in [0.05, 0.1) is 0 Å². The fraction of sp³-hybridized carbons (Fsp3) is 0.714. The van der Waals surface area contributed by atoms with Crippen LogP contribution in [0.3, 0.4) is 0 Å². The Kier molecular flexibility index (Phi) is 5.83. The molecular weight excluding hydrogens is 288 g/mol. The standard InChI is InChI=1S/C14H24N4O2S/c1-8(2)7-10-17-18-13(21-10)16-11(19)9(3)15-12(20)14(4,5)6/h8-9H,7H2,1-6H3,(H,15,20)(H,16,18,19). The molecule has 1 aromatic rings. The summed E-state index contributed by atoms with van der Waals surface area (Å²) in [6.45, 7) is 11.3. The van der Waals surface area contributed by atoms with Gasteiger partial charge in [0.15, 0.2) is 0 Å². The predicted octanol–water partition coefficient (Wildman–Crippen LogP) is 2.23. The van der Waals surface area contributed by atoms with Crippen LogP contribution in [0, 0.1) is 11.3 Å². The molecular formula is C14H24N4O2S. The Morgan fingerprint density at radius 1 is 1.19 bits per heavy atom. The van der Waals surface area contributed by atoms with E-state index in [1.54, 1.807) is 27.7 Å². The topological polar surface area (TPSA) is 84.0 Å². The van der Waals surface area contributed by atoms with Crippen molar-refractivity contribution in [2.45, 2.75) is 54.0 Å². The molecule has 0 saturated carbocycles. The minimum absolute atomic E-state index is 0.164. The second-order valence-corrected chi connectivity index (χ2v) is 7.60. The van der Waals surface area contributed by atoms with Crippen molar-refractivity contribution in [3.05, 3.63) is 5.01 Å².